The number of rotatable bonds is 5. The van der Waals surface area contributed by atoms with E-state index in [1.54, 1.807) is 6.92 Å². The van der Waals surface area contributed by atoms with Gasteiger partial charge in [0.05, 0.1) is 11.9 Å². The van der Waals surface area contributed by atoms with Crippen LogP contribution in [0.1, 0.15) is 30.8 Å². The molecular weight excluding hydrogens is 259 g/mol. The number of hydrogen-bond acceptors (Lipinski definition) is 3. The van der Waals surface area contributed by atoms with Crippen molar-refractivity contribution in [3.05, 3.63) is 11.4 Å². The molecule has 0 amide bonds. The van der Waals surface area contributed by atoms with Gasteiger partial charge in [0, 0.05) is 13.7 Å². The van der Waals surface area contributed by atoms with Gasteiger partial charge in [0.15, 0.2) is 5.69 Å². The number of aromatic nitrogens is 3. The Balaban J connectivity index is 3.03. The first-order valence-electron chi connectivity index (χ1n) is 4.98. The molecule has 0 bridgehead atoms. The van der Waals surface area contributed by atoms with Crippen LogP contribution in [-0.4, -0.2) is 28.7 Å². The van der Waals surface area contributed by atoms with Crippen molar-refractivity contribution >= 4 is 11.6 Å². The molecule has 1 aromatic heterocycles. The topological polar surface area (TPSA) is 39.9 Å². The predicted octanol–water partition coefficient (Wildman–Crippen LogP) is 2.63. The molecule has 1 unspecified atom stereocenters. The second kappa shape index (κ2) is 5.68. The van der Waals surface area contributed by atoms with Crippen molar-refractivity contribution in [2.24, 2.45) is 0 Å². The number of hydrogen-bond donors (Lipinski definition) is 0. The van der Waals surface area contributed by atoms with Crippen LogP contribution >= 0.6 is 11.6 Å². The highest BCUT2D eigenvalue weighted by atomic mass is 35.5. The Hall–Kier alpha value is -0.820. The van der Waals surface area contributed by atoms with E-state index in [2.05, 4.69) is 10.3 Å². The van der Waals surface area contributed by atoms with Crippen LogP contribution in [-0.2, 0) is 16.8 Å². The summed E-state index contributed by atoms with van der Waals surface area (Å²) in [5.74, 6) is -0.314. The summed E-state index contributed by atoms with van der Waals surface area (Å²) in [6.45, 7) is 1.98. The van der Waals surface area contributed by atoms with Gasteiger partial charge in [-0.05, 0) is 13.3 Å². The highest BCUT2D eigenvalue weighted by Gasteiger charge is 2.39. The number of nitrogens with zero attached hydrogens (tertiary/aromatic N) is 3. The van der Waals surface area contributed by atoms with Crippen molar-refractivity contribution in [3.8, 4) is 0 Å². The molecule has 0 saturated heterocycles. The summed E-state index contributed by atoms with van der Waals surface area (Å²) in [6, 6.07) is -0.448. The van der Waals surface area contributed by atoms with E-state index in [-0.39, 0.29) is 11.6 Å². The fourth-order valence-electron chi connectivity index (χ4n) is 1.43. The largest absolute Gasteiger partial charge is 0.434 e. The molecule has 0 radical (unpaired) electrons. The van der Waals surface area contributed by atoms with Gasteiger partial charge in [-0.1, -0.05) is 5.21 Å². The minimum absolute atomic E-state index is 0.247. The predicted molar refractivity (Wildman–Crippen MR) is 55.8 cm³/mol. The third-order valence-electron chi connectivity index (χ3n) is 2.32. The molecule has 0 saturated carbocycles. The van der Waals surface area contributed by atoms with Gasteiger partial charge in [0.25, 0.3) is 0 Å². The maximum absolute atomic E-state index is 12.8. The van der Waals surface area contributed by atoms with Crippen LogP contribution in [0.2, 0.25) is 0 Å². The minimum Gasteiger partial charge on any atom is -0.385 e. The summed E-state index contributed by atoms with van der Waals surface area (Å²) < 4.78 is 44.1. The van der Waals surface area contributed by atoms with Crippen LogP contribution in [0.5, 0.6) is 0 Å². The number of halogens is 4. The molecule has 4 nitrogen and oxygen atoms in total. The van der Waals surface area contributed by atoms with E-state index < -0.39 is 17.9 Å². The first-order chi connectivity index (χ1) is 7.91. The number of ether oxygens (including phenoxy) is 1. The average Bonchev–Trinajstić information content (AvgIpc) is 2.69. The summed E-state index contributed by atoms with van der Waals surface area (Å²) in [4.78, 5) is 0. The first-order valence-corrected chi connectivity index (χ1v) is 5.51. The van der Waals surface area contributed by atoms with E-state index >= 15 is 0 Å². The molecule has 0 aliphatic heterocycles. The summed E-state index contributed by atoms with van der Waals surface area (Å²) in [6.07, 6.45) is -4.08. The highest BCUT2D eigenvalue weighted by molar-refractivity contribution is 6.16. The molecule has 0 fully saturated rings. The fraction of sp³-hybridized carbons (Fsp3) is 0.778. The molecule has 0 aliphatic rings. The monoisotopic (exact) mass is 271 g/mol. The summed E-state index contributed by atoms with van der Waals surface area (Å²) >= 11 is 5.42. The van der Waals surface area contributed by atoms with Crippen LogP contribution in [0.4, 0.5) is 13.2 Å². The Morgan fingerprint density at radius 3 is 2.59 bits per heavy atom. The van der Waals surface area contributed by atoms with Crippen LogP contribution in [0.3, 0.4) is 0 Å². The second-order valence-corrected chi connectivity index (χ2v) is 3.86. The normalized spacial score (nSPS) is 14.0. The van der Waals surface area contributed by atoms with Gasteiger partial charge in [0.1, 0.15) is 5.69 Å². The van der Waals surface area contributed by atoms with Gasteiger partial charge in [-0.3, -0.25) is 0 Å². The molecule has 1 aromatic rings. The third kappa shape index (κ3) is 3.32. The molecule has 0 aliphatic carbocycles. The Kier molecular flexibility index (Phi) is 4.76. The van der Waals surface area contributed by atoms with E-state index in [9.17, 15) is 13.2 Å². The lowest BCUT2D eigenvalue weighted by molar-refractivity contribution is -0.145. The smallest absolute Gasteiger partial charge is 0.385 e. The van der Waals surface area contributed by atoms with Gasteiger partial charge in [-0.25, -0.2) is 4.68 Å². The van der Waals surface area contributed by atoms with Crippen molar-refractivity contribution in [3.63, 3.8) is 0 Å². The zero-order valence-electron chi connectivity index (χ0n) is 9.46. The van der Waals surface area contributed by atoms with E-state index in [4.69, 9.17) is 16.3 Å². The standard InChI is InChI=1S/C9H13ClF3N3O/c1-6(3-4-17-2)16-8(9(11,12)13)7(5-10)14-15-16/h6H,3-5H2,1-2H3. The Bertz CT molecular complexity index is 367. The lowest BCUT2D eigenvalue weighted by atomic mass is 10.2. The lowest BCUT2D eigenvalue weighted by Crippen LogP contribution is -2.20. The molecule has 0 spiro atoms. The van der Waals surface area contributed by atoms with Crippen LogP contribution < -0.4 is 0 Å². The fourth-order valence-corrected chi connectivity index (χ4v) is 1.61. The molecular formula is C9H13ClF3N3O. The quantitative estimate of drug-likeness (QED) is 0.773. The van der Waals surface area contributed by atoms with E-state index in [1.807, 2.05) is 0 Å². The van der Waals surface area contributed by atoms with Crippen LogP contribution in [0.15, 0.2) is 0 Å². The average molecular weight is 272 g/mol. The Morgan fingerprint density at radius 1 is 1.47 bits per heavy atom. The van der Waals surface area contributed by atoms with Crippen molar-refractivity contribution in [2.45, 2.75) is 31.4 Å². The molecule has 1 heterocycles. The summed E-state index contributed by atoms with van der Waals surface area (Å²) in [5.41, 5.74) is -1.13. The first kappa shape index (κ1) is 14.2. The van der Waals surface area contributed by atoms with Crippen molar-refractivity contribution in [1.29, 1.82) is 0 Å². The molecule has 17 heavy (non-hydrogen) atoms. The van der Waals surface area contributed by atoms with Crippen molar-refractivity contribution in [2.75, 3.05) is 13.7 Å². The lowest BCUT2D eigenvalue weighted by Gasteiger charge is -2.16. The maximum atomic E-state index is 12.8. The van der Waals surface area contributed by atoms with Crippen LogP contribution in [0, 0.1) is 0 Å². The molecule has 0 aromatic carbocycles. The molecule has 8 heteroatoms. The van der Waals surface area contributed by atoms with Crippen LogP contribution in [0.25, 0.3) is 0 Å². The van der Waals surface area contributed by atoms with E-state index in [0.717, 1.165) is 4.68 Å². The van der Waals surface area contributed by atoms with E-state index in [0.29, 0.717) is 13.0 Å². The highest BCUT2D eigenvalue weighted by Crippen LogP contribution is 2.33. The summed E-state index contributed by atoms with van der Waals surface area (Å²) in [7, 11) is 1.49. The van der Waals surface area contributed by atoms with Gasteiger partial charge in [-0.15, -0.1) is 16.7 Å². The molecule has 98 valence electrons. The zero-order valence-corrected chi connectivity index (χ0v) is 10.2. The Morgan fingerprint density at radius 2 is 2.12 bits per heavy atom. The van der Waals surface area contributed by atoms with Gasteiger partial charge < -0.3 is 4.74 Å². The Labute approximate surface area is 102 Å². The SMILES string of the molecule is COCCC(C)n1nnc(CCl)c1C(F)(F)F. The summed E-state index contributed by atoms with van der Waals surface area (Å²) in [5, 5.41) is 6.96. The number of alkyl halides is 4. The van der Waals surface area contributed by atoms with Crippen molar-refractivity contribution in [1.82, 2.24) is 15.0 Å². The molecule has 1 rings (SSSR count). The van der Waals surface area contributed by atoms with Gasteiger partial charge in [-0.2, -0.15) is 13.2 Å². The second-order valence-electron chi connectivity index (χ2n) is 3.59. The third-order valence-corrected chi connectivity index (χ3v) is 2.57. The zero-order chi connectivity index (χ0) is 13.1. The molecule has 0 N–H and O–H groups in total. The van der Waals surface area contributed by atoms with Crippen molar-refractivity contribution < 1.29 is 17.9 Å². The molecule has 1 atom stereocenters. The van der Waals surface area contributed by atoms with Gasteiger partial charge in [0.2, 0.25) is 0 Å². The number of methoxy groups -OCH3 is 1. The van der Waals surface area contributed by atoms with Gasteiger partial charge >= 0.3 is 6.18 Å². The van der Waals surface area contributed by atoms with E-state index in [1.165, 1.54) is 7.11 Å². The maximum Gasteiger partial charge on any atom is 0.434 e. The minimum atomic E-state index is -4.50.